The lowest BCUT2D eigenvalue weighted by atomic mass is 10.1. The molecule has 0 saturated heterocycles. The highest BCUT2D eigenvalue weighted by Crippen LogP contribution is 2.26. The van der Waals surface area contributed by atoms with Crippen LogP contribution in [0.1, 0.15) is 11.6 Å². The summed E-state index contributed by atoms with van der Waals surface area (Å²) in [6.45, 7) is 0.404. The van der Waals surface area contributed by atoms with Crippen LogP contribution in [0.4, 0.5) is 13.2 Å². The van der Waals surface area contributed by atoms with Gasteiger partial charge in [0, 0.05) is 0 Å². The molecule has 3 N–H and O–H groups in total. The number of halogens is 3. The van der Waals surface area contributed by atoms with Crippen LogP contribution in [0.3, 0.4) is 0 Å². The third-order valence-corrected chi connectivity index (χ3v) is 2.26. The number of alkyl halides is 3. The summed E-state index contributed by atoms with van der Waals surface area (Å²) in [6, 6.07) is 5.55. The van der Waals surface area contributed by atoms with Crippen molar-refractivity contribution >= 4 is 5.96 Å². The zero-order valence-electron chi connectivity index (χ0n) is 8.66. The molecule has 0 bridgehead atoms. The molecule has 0 amide bonds. The Hall–Kier alpha value is -1.92. The van der Waals surface area contributed by atoms with Crippen molar-refractivity contribution in [1.82, 2.24) is 5.32 Å². The van der Waals surface area contributed by atoms with Gasteiger partial charge >= 0.3 is 6.36 Å². The molecule has 1 aliphatic heterocycles. The van der Waals surface area contributed by atoms with Gasteiger partial charge in [-0.25, -0.2) is 0 Å². The summed E-state index contributed by atoms with van der Waals surface area (Å²) in [5.41, 5.74) is 6.08. The average Bonchev–Trinajstić information content (AvgIpc) is 2.63. The average molecular weight is 245 g/mol. The molecule has 1 aliphatic rings. The fourth-order valence-corrected chi connectivity index (χ4v) is 1.58. The van der Waals surface area contributed by atoms with Crippen molar-refractivity contribution in [2.24, 2.45) is 10.7 Å². The highest BCUT2D eigenvalue weighted by atomic mass is 19.4. The van der Waals surface area contributed by atoms with E-state index in [4.69, 9.17) is 5.73 Å². The second-order valence-electron chi connectivity index (χ2n) is 3.54. The number of hydrogen-bond donors (Lipinski definition) is 2. The lowest BCUT2D eigenvalue weighted by Gasteiger charge is -2.13. The number of rotatable bonds is 2. The van der Waals surface area contributed by atoms with Gasteiger partial charge in [-0.15, -0.1) is 13.2 Å². The predicted octanol–water partition coefficient (Wildman–Crippen LogP) is 1.54. The van der Waals surface area contributed by atoms with Crippen LogP contribution in [0, 0.1) is 0 Å². The Morgan fingerprint density at radius 2 is 2.18 bits per heavy atom. The van der Waals surface area contributed by atoms with Gasteiger partial charge < -0.3 is 15.8 Å². The number of nitrogens with two attached hydrogens (primary N) is 1. The van der Waals surface area contributed by atoms with Crippen molar-refractivity contribution in [3.8, 4) is 5.75 Å². The minimum atomic E-state index is -4.68. The van der Waals surface area contributed by atoms with Gasteiger partial charge in [0.25, 0.3) is 0 Å². The molecule has 0 radical (unpaired) electrons. The maximum atomic E-state index is 12.0. The van der Waals surface area contributed by atoms with E-state index in [2.05, 4.69) is 15.0 Å². The summed E-state index contributed by atoms with van der Waals surface area (Å²) >= 11 is 0. The second-order valence-corrected chi connectivity index (χ2v) is 3.54. The monoisotopic (exact) mass is 245 g/mol. The predicted molar refractivity (Wildman–Crippen MR) is 55.5 cm³/mol. The minimum Gasteiger partial charge on any atom is -0.406 e. The van der Waals surface area contributed by atoms with E-state index in [0.29, 0.717) is 12.1 Å². The number of ether oxygens (including phenoxy) is 1. The van der Waals surface area contributed by atoms with Gasteiger partial charge in [0.1, 0.15) is 5.75 Å². The van der Waals surface area contributed by atoms with Crippen LogP contribution in [0.5, 0.6) is 5.75 Å². The molecule has 7 heteroatoms. The normalized spacial score (nSPS) is 19.7. The lowest BCUT2D eigenvalue weighted by molar-refractivity contribution is -0.274. The van der Waals surface area contributed by atoms with Gasteiger partial charge in [0.15, 0.2) is 5.96 Å². The first-order chi connectivity index (χ1) is 7.94. The van der Waals surface area contributed by atoms with Gasteiger partial charge in [-0.1, -0.05) is 12.1 Å². The highest BCUT2D eigenvalue weighted by Gasteiger charge is 2.31. The summed E-state index contributed by atoms with van der Waals surface area (Å²) in [4.78, 5) is 3.92. The summed E-state index contributed by atoms with van der Waals surface area (Å²) in [7, 11) is 0. The van der Waals surface area contributed by atoms with E-state index in [1.165, 1.54) is 18.2 Å². The molecular formula is C10H10F3N3O. The van der Waals surface area contributed by atoms with E-state index in [9.17, 15) is 13.2 Å². The fraction of sp³-hybridized carbons (Fsp3) is 0.300. The van der Waals surface area contributed by atoms with Crippen LogP contribution in [-0.4, -0.2) is 18.9 Å². The quantitative estimate of drug-likeness (QED) is 0.831. The Morgan fingerprint density at radius 3 is 2.76 bits per heavy atom. The van der Waals surface area contributed by atoms with Crippen molar-refractivity contribution in [1.29, 1.82) is 0 Å². The van der Waals surface area contributed by atoms with Crippen molar-refractivity contribution in [3.05, 3.63) is 29.8 Å². The Bertz CT molecular complexity index is 445. The third kappa shape index (κ3) is 3.02. The maximum Gasteiger partial charge on any atom is 0.573 e. The molecule has 1 heterocycles. The molecule has 0 aromatic heterocycles. The Labute approximate surface area is 95.3 Å². The van der Waals surface area contributed by atoms with E-state index in [1.807, 2.05) is 0 Å². The van der Waals surface area contributed by atoms with Crippen molar-refractivity contribution in [2.45, 2.75) is 12.4 Å². The minimum absolute atomic E-state index is 0.202. The van der Waals surface area contributed by atoms with Gasteiger partial charge in [-0.3, -0.25) is 4.99 Å². The zero-order valence-corrected chi connectivity index (χ0v) is 8.66. The van der Waals surface area contributed by atoms with Crippen LogP contribution >= 0.6 is 0 Å². The summed E-state index contributed by atoms with van der Waals surface area (Å²) in [5.74, 6) is 0.0411. The largest absolute Gasteiger partial charge is 0.573 e. The van der Waals surface area contributed by atoms with E-state index < -0.39 is 6.36 Å². The SMILES string of the molecule is NC1=NCC(c2cccc(OC(F)(F)F)c2)N1. The van der Waals surface area contributed by atoms with Gasteiger partial charge in [0.2, 0.25) is 0 Å². The Kier molecular flexibility index (Phi) is 2.83. The smallest absolute Gasteiger partial charge is 0.406 e. The number of hydrogen-bond acceptors (Lipinski definition) is 4. The molecule has 0 saturated carbocycles. The van der Waals surface area contributed by atoms with Crippen LogP contribution in [-0.2, 0) is 0 Å². The van der Waals surface area contributed by atoms with Crippen LogP contribution in [0.2, 0.25) is 0 Å². The van der Waals surface area contributed by atoms with Gasteiger partial charge in [-0.05, 0) is 17.7 Å². The molecule has 92 valence electrons. The summed E-state index contributed by atoms with van der Waals surface area (Å²) < 4.78 is 39.9. The fourth-order valence-electron chi connectivity index (χ4n) is 1.58. The molecule has 0 fully saturated rings. The van der Waals surface area contributed by atoms with Crippen molar-refractivity contribution in [2.75, 3.05) is 6.54 Å². The molecular weight excluding hydrogens is 235 g/mol. The molecule has 1 aromatic rings. The maximum absolute atomic E-state index is 12.0. The topological polar surface area (TPSA) is 59.6 Å². The molecule has 1 unspecified atom stereocenters. The van der Waals surface area contributed by atoms with Gasteiger partial charge in [-0.2, -0.15) is 0 Å². The highest BCUT2D eigenvalue weighted by molar-refractivity contribution is 5.80. The number of aliphatic imine (C=N–C) groups is 1. The second kappa shape index (κ2) is 4.15. The number of benzene rings is 1. The molecule has 0 aliphatic carbocycles. The van der Waals surface area contributed by atoms with E-state index in [-0.39, 0.29) is 17.8 Å². The third-order valence-electron chi connectivity index (χ3n) is 2.26. The van der Waals surface area contributed by atoms with Crippen LogP contribution in [0.15, 0.2) is 29.3 Å². The van der Waals surface area contributed by atoms with Crippen LogP contribution in [0.25, 0.3) is 0 Å². The van der Waals surface area contributed by atoms with E-state index in [1.54, 1.807) is 6.07 Å². The summed E-state index contributed by atoms with van der Waals surface area (Å²) in [5, 5.41) is 2.85. The molecule has 0 spiro atoms. The zero-order chi connectivity index (χ0) is 12.5. The molecule has 1 aromatic carbocycles. The summed E-state index contributed by atoms with van der Waals surface area (Å²) in [6.07, 6.45) is -4.68. The van der Waals surface area contributed by atoms with E-state index >= 15 is 0 Å². The van der Waals surface area contributed by atoms with E-state index in [0.717, 1.165) is 0 Å². The van der Waals surface area contributed by atoms with Crippen molar-refractivity contribution in [3.63, 3.8) is 0 Å². The Morgan fingerprint density at radius 1 is 1.41 bits per heavy atom. The first kappa shape index (κ1) is 11.6. The standard InChI is InChI=1S/C10H10F3N3O/c11-10(12,13)17-7-3-1-2-6(4-7)8-5-15-9(14)16-8/h1-4,8H,5H2,(H3,14,15,16). The van der Waals surface area contributed by atoms with Crippen molar-refractivity contribution < 1.29 is 17.9 Å². The molecule has 1 atom stereocenters. The van der Waals surface area contributed by atoms with Gasteiger partial charge in [0.05, 0.1) is 12.6 Å². The Balaban J connectivity index is 2.12. The number of nitrogens with one attached hydrogen (secondary N) is 1. The lowest BCUT2D eigenvalue weighted by Crippen LogP contribution is -2.29. The molecule has 4 nitrogen and oxygen atoms in total. The molecule has 17 heavy (non-hydrogen) atoms. The first-order valence-corrected chi connectivity index (χ1v) is 4.86. The first-order valence-electron chi connectivity index (χ1n) is 4.86. The number of guanidine groups is 1. The van der Waals surface area contributed by atoms with Crippen LogP contribution < -0.4 is 15.8 Å². The number of nitrogens with zero attached hydrogens (tertiary/aromatic N) is 1. The molecule has 2 rings (SSSR count).